The molecular formula is C15H18F3NO2. The van der Waals surface area contributed by atoms with Crippen LogP contribution in [0.5, 0.6) is 0 Å². The number of halogens is 3. The van der Waals surface area contributed by atoms with Crippen LogP contribution in [-0.2, 0) is 9.53 Å². The Morgan fingerprint density at radius 3 is 2.48 bits per heavy atom. The molecule has 6 heteroatoms. The minimum Gasteiger partial charge on any atom is -0.347 e. The summed E-state index contributed by atoms with van der Waals surface area (Å²) in [5.41, 5.74) is 0.654. The molecule has 3 nitrogen and oxygen atoms in total. The molecule has 1 heterocycles. The van der Waals surface area contributed by atoms with Crippen molar-refractivity contribution in [2.24, 2.45) is 5.92 Å². The van der Waals surface area contributed by atoms with E-state index >= 15 is 0 Å². The Morgan fingerprint density at radius 2 is 1.95 bits per heavy atom. The summed E-state index contributed by atoms with van der Waals surface area (Å²) in [6, 6.07) is 7.98. The van der Waals surface area contributed by atoms with E-state index in [1.54, 1.807) is 44.2 Å². The molecule has 0 aromatic heterocycles. The van der Waals surface area contributed by atoms with Crippen LogP contribution >= 0.6 is 0 Å². The van der Waals surface area contributed by atoms with Crippen LogP contribution in [-0.4, -0.2) is 29.8 Å². The molecule has 1 aromatic rings. The van der Waals surface area contributed by atoms with E-state index in [4.69, 9.17) is 4.74 Å². The van der Waals surface area contributed by atoms with Gasteiger partial charge in [-0.2, -0.15) is 13.2 Å². The molecule has 21 heavy (non-hydrogen) atoms. The number of amides is 1. The van der Waals surface area contributed by atoms with Crippen molar-refractivity contribution < 1.29 is 22.7 Å². The number of nitrogens with zero attached hydrogens (tertiary/aromatic N) is 1. The first-order valence-corrected chi connectivity index (χ1v) is 6.85. The van der Waals surface area contributed by atoms with E-state index < -0.39 is 24.4 Å². The summed E-state index contributed by atoms with van der Waals surface area (Å²) in [7, 11) is 0. The highest BCUT2D eigenvalue weighted by atomic mass is 19.4. The second-order valence-electron chi connectivity index (χ2n) is 5.55. The van der Waals surface area contributed by atoms with Gasteiger partial charge in [-0.15, -0.1) is 0 Å². The fraction of sp³-hybridized carbons (Fsp3) is 0.533. The number of rotatable bonds is 3. The van der Waals surface area contributed by atoms with Crippen molar-refractivity contribution in [3.05, 3.63) is 35.9 Å². The molecule has 2 atom stereocenters. The molecule has 2 rings (SSSR count). The maximum atomic E-state index is 13.1. The molecule has 0 radical (unpaired) electrons. The van der Waals surface area contributed by atoms with Crippen molar-refractivity contribution in [3.63, 3.8) is 0 Å². The average molecular weight is 301 g/mol. The van der Waals surface area contributed by atoms with Gasteiger partial charge in [0.2, 0.25) is 12.1 Å². The molecule has 0 spiro atoms. The Labute approximate surface area is 121 Å². The Balaban J connectivity index is 2.30. The molecule has 0 N–H and O–H groups in total. The van der Waals surface area contributed by atoms with Crippen molar-refractivity contribution in [2.45, 2.75) is 38.7 Å². The van der Waals surface area contributed by atoms with Crippen LogP contribution in [0, 0.1) is 5.92 Å². The fourth-order valence-electron chi connectivity index (χ4n) is 2.45. The van der Waals surface area contributed by atoms with Crippen molar-refractivity contribution >= 4 is 5.91 Å². The Bertz CT molecular complexity index is 487. The van der Waals surface area contributed by atoms with Crippen LogP contribution in [0.3, 0.4) is 0 Å². The second kappa shape index (κ2) is 6.05. The number of hydrogen-bond acceptors (Lipinski definition) is 2. The first-order chi connectivity index (χ1) is 9.80. The van der Waals surface area contributed by atoms with Gasteiger partial charge in [-0.3, -0.25) is 9.69 Å². The molecule has 0 unspecified atom stereocenters. The van der Waals surface area contributed by atoms with Gasteiger partial charge >= 0.3 is 6.18 Å². The minimum absolute atomic E-state index is 0.0107. The van der Waals surface area contributed by atoms with E-state index in [-0.39, 0.29) is 18.9 Å². The molecule has 1 fully saturated rings. The molecule has 0 aliphatic carbocycles. The van der Waals surface area contributed by atoms with Crippen LogP contribution in [0.2, 0.25) is 0 Å². The zero-order chi connectivity index (χ0) is 15.6. The van der Waals surface area contributed by atoms with Gasteiger partial charge in [-0.1, -0.05) is 44.2 Å². The van der Waals surface area contributed by atoms with Crippen LogP contribution in [0.4, 0.5) is 13.2 Å². The van der Waals surface area contributed by atoms with Crippen molar-refractivity contribution in [1.29, 1.82) is 0 Å². The molecule has 1 saturated heterocycles. The van der Waals surface area contributed by atoms with Crippen molar-refractivity contribution in [2.75, 3.05) is 6.61 Å². The zero-order valence-electron chi connectivity index (χ0n) is 11.9. The number of carbonyl (C=O) groups excluding carboxylic acids is 1. The summed E-state index contributed by atoms with van der Waals surface area (Å²) in [6.45, 7) is 3.46. The van der Waals surface area contributed by atoms with Gasteiger partial charge in [0, 0.05) is 6.42 Å². The Hall–Kier alpha value is -1.56. The molecule has 0 bridgehead atoms. The number of hydrogen-bond donors (Lipinski definition) is 0. The molecule has 116 valence electrons. The number of alkyl halides is 3. The third-order valence-electron chi connectivity index (χ3n) is 3.34. The maximum Gasteiger partial charge on any atom is 0.433 e. The summed E-state index contributed by atoms with van der Waals surface area (Å²) in [4.78, 5) is 13.1. The van der Waals surface area contributed by atoms with E-state index in [0.717, 1.165) is 4.90 Å². The van der Waals surface area contributed by atoms with Gasteiger partial charge < -0.3 is 4.74 Å². The van der Waals surface area contributed by atoms with E-state index in [1.165, 1.54) is 0 Å². The largest absolute Gasteiger partial charge is 0.433 e. The Morgan fingerprint density at radius 1 is 1.33 bits per heavy atom. The van der Waals surface area contributed by atoms with Crippen LogP contribution in [0.15, 0.2) is 30.3 Å². The van der Waals surface area contributed by atoms with Gasteiger partial charge in [0.05, 0.1) is 12.6 Å². The first kappa shape index (κ1) is 15.8. The normalized spacial score (nSPS) is 22.9. The van der Waals surface area contributed by atoms with Gasteiger partial charge in [-0.05, 0) is 11.5 Å². The van der Waals surface area contributed by atoms with Gasteiger partial charge in [-0.25, -0.2) is 0 Å². The summed E-state index contributed by atoms with van der Waals surface area (Å²) in [5.74, 6) is -0.540. The van der Waals surface area contributed by atoms with Crippen molar-refractivity contribution in [3.8, 4) is 0 Å². The molecule has 1 aliphatic rings. The highest BCUT2D eigenvalue weighted by molar-refractivity contribution is 5.77. The zero-order valence-corrected chi connectivity index (χ0v) is 11.9. The highest BCUT2D eigenvalue weighted by Crippen LogP contribution is 2.38. The lowest BCUT2D eigenvalue weighted by Crippen LogP contribution is -2.46. The van der Waals surface area contributed by atoms with Crippen molar-refractivity contribution in [1.82, 2.24) is 4.90 Å². The summed E-state index contributed by atoms with van der Waals surface area (Å²) in [5, 5.41) is 0. The van der Waals surface area contributed by atoms with E-state index in [1.807, 2.05) is 0 Å². The molecule has 1 amide bonds. The topological polar surface area (TPSA) is 29.5 Å². The monoisotopic (exact) mass is 301 g/mol. The second-order valence-corrected chi connectivity index (χ2v) is 5.55. The number of benzene rings is 1. The highest BCUT2D eigenvalue weighted by Gasteiger charge is 2.53. The first-order valence-electron chi connectivity index (χ1n) is 6.85. The lowest BCUT2D eigenvalue weighted by atomic mass is 10.0. The van der Waals surface area contributed by atoms with Crippen LogP contribution in [0.1, 0.15) is 31.9 Å². The van der Waals surface area contributed by atoms with Gasteiger partial charge in [0.1, 0.15) is 0 Å². The van der Waals surface area contributed by atoms with Gasteiger partial charge in [0.25, 0.3) is 0 Å². The fourth-order valence-corrected chi connectivity index (χ4v) is 2.45. The van der Waals surface area contributed by atoms with E-state index in [2.05, 4.69) is 0 Å². The maximum absolute atomic E-state index is 13.1. The van der Waals surface area contributed by atoms with Crippen LogP contribution in [0.25, 0.3) is 0 Å². The quantitative estimate of drug-likeness (QED) is 0.855. The minimum atomic E-state index is -4.59. The van der Waals surface area contributed by atoms with Crippen LogP contribution < -0.4 is 0 Å². The Kier molecular flexibility index (Phi) is 4.56. The van der Waals surface area contributed by atoms with E-state index in [0.29, 0.717) is 5.56 Å². The summed E-state index contributed by atoms with van der Waals surface area (Å²) in [6.07, 6.45) is -6.68. The summed E-state index contributed by atoms with van der Waals surface area (Å²) >= 11 is 0. The summed E-state index contributed by atoms with van der Waals surface area (Å²) < 4.78 is 44.1. The predicted octanol–water partition coefficient (Wildman–Crippen LogP) is 3.52. The number of carbonyl (C=O) groups is 1. The lowest BCUT2D eigenvalue weighted by molar-refractivity contribution is -0.240. The molecule has 0 saturated carbocycles. The lowest BCUT2D eigenvalue weighted by Gasteiger charge is -2.30. The smallest absolute Gasteiger partial charge is 0.347 e. The third-order valence-corrected chi connectivity index (χ3v) is 3.34. The molecule has 1 aromatic carbocycles. The number of ether oxygens (including phenoxy) is 1. The SMILES string of the molecule is CC(C)CC(=O)N1[C@H](C(F)(F)F)OC[C@H]1c1ccccc1. The predicted molar refractivity (Wildman–Crippen MR) is 71.3 cm³/mol. The molecule has 1 aliphatic heterocycles. The van der Waals surface area contributed by atoms with E-state index in [9.17, 15) is 18.0 Å². The standard InChI is InChI=1S/C15H18F3NO2/c1-10(2)8-13(20)19-12(11-6-4-3-5-7-11)9-21-14(19)15(16,17)18/h3-7,10,12,14H,8-9H2,1-2H3/t12-,14-/m0/s1. The molecular weight excluding hydrogens is 283 g/mol. The third kappa shape index (κ3) is 3.56. The average Bonchev–Trinajstić information content (AvgIpc) is 2.83. The van der Waals surface area contributed by atoms with Gasteiger partial charge in [0.15, 0.2) is 0 Å².